The highest BCUT2D eigenvalue weighted by Gasteiger charge is 2.25. The summed E-state index contributed by atoms with van der Waals surface area (Å²) in [5.74, 6) is -1.20. The third-order valence-corrected chi connectivity index (χ3v) is 4.20. The van der Waals surface area contributed by atoms with E-state index in [0.717, 1.165) is 16.8 Å². The fourth-order valence-electron chi connectivity index (χ4n) is 2.46. The third-order valence-electron chi connectivity index (χ3n) is 4.20. The van der Waals surface area contributed by atoms with Crippen molar-refractivity contribution in [1.82, 2.24) is 5.32 Å². The normalized spacial score (nSPS) is 11.9. The Labute approximate surface area is 147 Å². The van der Waals surface area contributed by atoms with Crippen LogP contribution in [0.5, 0.6) is 0 Å². The van der Waals surface area contributed by atoms with Gasteiger partial charge in [-0.3, -0.25) is 9.59 Å². The predicted octanol–water partition coefficient (Wildman–Crippen LogP) is 3.84. The predicted molar refractivity (Wildman–Crippen MR) is 97.0 cm³/mol. The van der Waals surface area contributed by atoms with Gasteiger partial charge < -0.3 is 10.6 Å². The van der Waals surface area contributed by atoms with Gasteiger partial charge in [-0.2, -0.15) is 0 Å². The van der Waals surface area contributed by atoms with Crippen LogP contribution in [-0.4, -0.2) is 17.9 Å². The van der Waals surface area contributed by atoms with Gasteiger partial charge >= 0.3 is 0 Å². The quantitative estimate of drug-likeness (QED) is 0.867. The molecule has 0 radical (unpaired) electrons. The Morgan fingerprint density at radius 3 is 2.24 bits per heavy atom. The van der Waals surface area contributed by atoms with Crippen LogP contribution in [0.15, 0.2) is 42.5 Å². The average molecular weight is 342 g/mol. The number of amides is 2. The number of hydrogen-bond acceptors (Lipinski definition) is 2. The van der Waals surface area contributed by atoms with E-state index in [9.17, 15) is 14.0 Å². The molecular weight excluding hydrogens is 319 g/mol. The molecule has 0 aliphatic rings. The van der Waals surface area contributed by atoms with Gasteiger partial charge in [0.25, 0.3) is 5.91 Å². The lowest BCUT2D eigenvalue weighted by Crippen LogP contribution is -2.47. The van der Waals surface area contributed by atoms with Crippen LogP contribution in [0.4, 0.5) is 10.1 Å². The Morgan fingerprint density at radius 2 is 1.64 bits per heavy atom. The molecule has 1 unspecified atom stereocenters. The van der Waals surface area contributed by atoms with E-state index in [0.29, 0.717) is 5.56 Å². The maximum Gasteiger partial charge on any atom is 0.251 e. The Kier molecular flexibility index (Phi) is 5.91. The Bertz CT molecular complexity index is 770. The zero-order valence-electron chi connectivity index (χ0n) is 14.9. The monoisotopic (exact) mass is 342 g/mol. The zero-order chi connectivity index (χ0) is 18.6. The number of hydrogen-bond donors (Lipinski definition) is 2. The number of halogens is 1. The van der Waals surface area contributed by atoms with Crippen LogP contribution in [0.25, 0.3) is 0 Å². The smallest absolute Gasteiger partial charge is 0.251 e. The lowest BCUT2D eigenvalue weighted by Gasteiger charge is -2.22. The molecule has 0 fully saturated rings. The second-order valence-electron chi connectivity index (χ2n) is 6.44. The standard InChI is InChI=1S/C20H23FN2O2/c1-12(2)18(23-19(24)15-8-10-16(21)11-9-15)20(25)22-17-7-5-6-13(3)14(17)4/h5-12,18H,1-4H3,(H,22,25)(H,23,24). The molecule has 0 aromatic heterocycles. The van der Waals surface area contributed by atoms with Gasteiger partial charge in [0.05, 0.1) is 0 Å². The van der Waals surface area contributed by atoms with Gasteiger partial charge in [0.15, 0.2) is 0 Å². The second kappa shape index (κ2) is 7.92. The van der Waals surface area contributed by atoms with E-state index in [-0.39, 0.29) is 11.8 Å². The number of benzene rings is 2. The van der Waals surface area contributed by atoms with E-state index >= 15 is 0 Å². The van der Waals surface area contributed by atoms with Crippen LogP contribution >= 0.6 is 0 Å². The molecule has 0 saturated carbocycles. The van der Waals surface area contributed by atoms with Crippen LogP contribution in [0, 0.1) is 25.6 Å². The Morgan fingerprint density at radius 1 is 1.00 bits per heavy atom. The van der Waals surface area contributed by atoms with Crippen molar-refractivity contribution in [3.05, 3.63) is 65.0 Å². The molecule has 2 N–H and O–H groups in total. The zero-order valence-corrected chi connectivity index (χ0v) is 14.9. The molecule has 0 aliphatic heterocycles. The highest BCUT2D eigenvalue weighted by molar-refractivity contribution is 6.01. The maximum atomic E-state index is 13.0. The fourth-order valence-corrected chi connectivity index (χ4v) is 2.46. The summed E-state index contributed by atoms with van der Waals surface area (Å²) in [6.45, 7) is 7.63. The molecule has 0 aliphatic carbocycles. The number of rotatable bonds is 5. The molecule has 5 heteroatoms. The number of carbonyl (C=O) groups is 2. The molecule has 132 valence electrons. The molecule has 2 rings (SSSR count). The van der Waals surface area contributed by atoms with E-state index in [1.54, 1.807) is 0 Å². The SMILES string of the molecule is Cc1cccc(NC(=O)C(NC(=O)c2ccc(F)cc2)C(C)C)c1C. The molecule has 4 nitrogen and oxygen atoms in total. The van der Waals surface area contributed by atoms with Gasteiger partial charge in [0, 0.05) is 11.3 Å². The van der Waals surface area contributed by atoms with E-state index in [1.807, 2.05) is 45.9 Å². The first kappa shape index (κ1) is 18.6. The largest absolute Gasteiger partial charge is 0.340 e. The average Bonchev–Trinajstić information content (AvgIpc) is 2.56. The van der Waals surface area contributed by atoms with Crippen molar-refractivity contribution >= 4 is 17.5 Å². The van der Waals surface area contributed by atoms with Crippen molar-refractivity contribution in [1.29, 1.82) is 0 Å². The third kappa shape index (κ3) is 4.66. The van der Waals surface area contributed by atoms with E-state index < -0.39 is 17.8 Å². The Hall–Kier alpha value is -2.69. The van der Waals surface area contributed by atoms with Crippen molar-refractivity contribution in [2.24, 2.45) is 5.92 Å². The number of aryl methyl sites for hydroxylation is 1. The minimum Gasteiger partial charge on any atom is -0.340 e. The first-order chi connectivity index (χ1) is 11.8. The number of carbonyl (C=O) groups excluding carboxylic acids is 2. The molecule has 2 amide bonds. The summed E-state index contributed by atoms with van der Waals surface area (Å²) in [5.41, 5.74) is 3.11. The van der Waals surface area contributed by atoms with Crippen LogP contribution in [0.1, 0.15) is 35.3 Å². The second-order valence-corrected chi connectivity index (χ2v) is 6.44. The molecule has 0 spiro atoms. The van der Waals surface area contributed by atoms with E-state index in [2.05, 4.69) is 10.6 Å². The van der Waals surface area contributed by atoms with Crippen molar-refractivity contribution in [3.8, 4) is 0 Å². The minimum absolute atomic E-state index is 0.102. The van der Waals surface area contributed by atoms with E-state index in [4.69, 9.17) is 0 Å². The van der Waals surface area contributed by atoms with Gasteiger partial charge in [-0.05, 0) is 61.2 Å². The van der Waals surface area contributed by atoms with Crippen molar-refractivity contribution in [2.45, 2.75) is 33.7 Å². The van der Waals surface area contributed by atoms with Crippen molar-refractivity contribution in [3.63, 3.8) is 0 Å². The summed E-state index contributed by atoms with van der Waals surface area (Å²) in [4.78, 5) is 25.0. The molecule has 2 aromatic carbocycles. The number of anilines is 1. The Balaban J connectivity index is 2.14. The highest BCUT2D eigenvalue weighted by Crippen LogP contribution is 2.19. The highest BCUT2D eigenvalue weighted by atomic mass is 19.1. The molecule has 25 heavy (non-hydrogen) atoms. The minimum atomic E-state index is -0.697. The summed E-state index contributed by atoms with van der Waals surface area (Å²) < 4.78 is 13.0. The van der Waals surface area contributed by atoms with E-state index in [1.165, 1.54) is 24.3 Å². The first-order valence-corrected chi connectivity index (χ1v) is 8.23. The van der Waals surface area contributed by atoms with Gasteiger partial charge in [-0.15, -0.1) is 0 Å². The molecule has 1 atom stereocenters. The molecule has 0 saturated heterocycles. The van der Waals surface area contributed by atoms with Gasteiger partial charge in [0.2, 0.25) is 5.91 Å². The number of nitrogens with one attached hydrogen (secondary N) is 2. The van der Waals surface area contributed by atoms with Gasteiger partial charge in [0.1, 0.15) is 11.9 Å². The van der Waals surface area contributed by atoms with Crippen molar-refractivity contribution in [2.75, 3.05) is 5.32 Å². The summed E-state index contributed by atoms with van der Waals surface area (Å²) in [6, 6.07) is 10.2. The molecule has 0 heterocycles. The summed E-state index contributed by atoms with van der Waals surface area (Å²) in [6.07, 6.45) is 0. The lowest BCUT2D eigenvalue weighted by molar-refractivity contribution is -0.118. The maximum absolute atomic E-state index is 13.0. The fraction of sp³-hybridized carbons (Fsp3) is 0.300. The summed E-state index contributed by atoms with van der Waals surface area (Å²) >= 11 is 0. The summed E-state index contributed by atoms with van der Waals surface area (Å²) in [5, 5.41) is 5.62. The van der Waals surface area contributed by atoms with Gasteiger partial charge in [-0.1, -0.05) is 26.0 Å². The molecule has 2 aromatic rings. The van der Waals surface area contributed by atoms with Crippen molar-refractivity contribution < 1.29 is 14.0 Å². The molecular formula is C20H23FN2O2. The van der Waals surface area contributed by atoms with Crippen LogP contribution in [0.3, 0.4) is 0 Å². The topological polar surface area (TPSA) is 58.2 Å². The first-order valence-electron chi connectivity index (χ1n) is 8.23. The summed E-state index contributed by atoms with van der Waals surface area (Å²) in [7, 11) is 0. The van der Waals surface area contributed by atoms with Gasteiger partial charge in [-0.25, -0.2) is 4.39 Å². The lowest BCUT2D eigenvalue weighted by atomic mass is 10.0. The van der Waals surface area contributed by atoms with Crippen LogP contribution in [0.2, 0.25) is 0 Å². The molecule has 0 bridgehead atoms. The van der Waals surface area contributed by atoms with Crippen LogP contribution in [-0.2, 0) is 4.79 Å². The van der Waals surface area contributed by atoms with Crippen LogP contribution < -0.4 is 10.6 Å².